The number of fused-ring (bicyclic) bond motifs is 1. The predicted molar refractivity (Wildman–Crippen MR) is 120 cm³/mol. The third kappa shape index (κ3) is 3.94. The highest BCUT2D eigenvalue weighted by atomic mass is 35.5. The number of nitro benzene ring substituents is 1. The SMILES string of the molecule is CC(C)n1ncc2c(C(=O)N(C)Cc3cc([N+](=O)[O-])ccc3Cl)cc(-c3ccco3)nc21. The molecule has 0 bridgehead atoms. The Morgan fingerprint density at radius 1 is 1.31 bits per heavy atom. The Balaban J connectivity index is 1.76. The van der Waals surface area contributed by atoms with Gasteiger partial charge in [0.2, 0.25) is 0 Å². The summed E-state index contributed by atoms with van der Waals surface area (Å²) >= 11 is 6.23. The van der Waals surface area contributed by atoms with Gasteiger partial charge in [0.15, 0.2) is 11.4 Å². The summed E-state index contributed by atoms with van der Waals surface area (Å²) in [6.45, 7) is 4.05. The van der Waals surface area contributed by atoms with E-state index in [0.717, 1.165) is 0 Å². The molecule has 4 aromatic rings. The average molecular weight is 454 g/mol. The molecule has 0 aliphatic rings. The molecule has 0 aliphatic carbocycles. The monoisotopic (exact) mass is 453 g/mol. The zero-order valence-electron chi connectivity index (χ0n) is 17.7. The van der Waals surface area contributed by atoms with Crippen molar-refractivity contribution in [2.24, 2.45) is 0 Å². The van der Waals surface area contributed by atoms with Gasteiger partial charge in [-0.05, 0) is 43.7 Å². The van der Waals surface area contributed by atoms with E-state index in [-0.39, 0.29) is 24.2 Å². The van der Waals surface area contributed by atoms with Crippen molar-refractivity contribution in [2.75, 3.05) is 7.05 Å². The standard InChI is InChI=1S/C22H20ClN5O4/c1-13(2)27-21-17(11-24-27)16(10-19(25-21)20-5-4-8-32-20)22(29)26(3)12-14-9-15(28(30)31)6-7-18(14)23/h4-11,13H,12H2,1-3H3. The number of nitrogens with zero attached hydrogens (tertiary/aromatic N) is 5. The van der Waals surface area contributed by atoms with Crippen molar-refractivity contribution in [3.63, 3.8) is 0 Å². The number of hydrogen-bond acceptors (Lipinski definition) is 6. The summed E-state index contributed by atoms with van der Waals surface area (Å²) < 4.78 is 7.24. The first-order valence-electron chi connectivity index (χ1n) is 9.86. The summed E-state index contributed by atoms with van der Waals surface area (Å²) in [6.07, 6.45) is 3.16. The molecule has 0 saturated carbocycles. The third-order valence-electron chi connectivity index (χ3n) is 5.05. The van der Waals surface area contributed by atoms with Gasteiger partial charge >= 0.3 is 0 Å². The zero-order chi connectivity index (χ0) is 23.0. The zero-order valence-corrected chi connectivity index (χ0v) is 18.4. The van der Waals surface area contributed by atoms with Crippen LogP contribution in [0.5, 0.6) is 0 Å². The summed E-state index contributed by atoms with van der Waals surface area (Å²) in [5.74, 6) is 0.234. The molecule has 0 fully saturated rings. The van der Waals surface area contributed by atoms with E-state index in [4.69, 9.17) is 16.0 Å². The maximum atomic E-state index is 13.4. The Morgan fingerprint density at radius 2 is 2.09 bits per heavy atom. The van der Waals surface area contributed by atoms with E-state index < -0.39 is 4.92 Å². The van der Waals surface area contributed by atoms with Crippen LogP contribution in [-0.4, -0.2) is 37.5 Å². The lowest BCUT2D eigenvalue weighted by Gasteiger charge is -2.19. The fourth-order valence-corrected chi connectivity index (χ4v) is 3.63. The number of non-ortho nitro benzene ring substituents is 1. The maximum absolute atomic E-state index is 13.4. The van der Waals surface area contributed by atoms with Crippen LogP contribution < -0.4 is 0 Å². The molecule has 9 nitrogen and oxygen atoms in total. The number of pyridine rings is 1. The van der Waals surface area contributed by atoms with Crippen LogP contribution in [0.15, 0.2) is 53.3 Å². The molecule has 0 saturated heterocycles. The Morgan fingerprint density at radius 3 is 2.75 bits per heavy atom. The van der Waals surface area contributed by atoms with E-state index in [0.29, 0.717) is 38.6 Å². The average Bonchev–Trinajstić information content (AvgIpc) is 3.43. The summed E-state index contributed by atoms with van der Waals surface area (Å²) in [7, 11) is 1.61. The second-order valence-corrected chi connectivity index (χ2v) is 8.05. The van der Waals surface area contributed by atoms with E-state index >= 15 is 0 Å². The minimum Gasteiger partial charge on any atom is -0.463 e. The van der Waals surface area contributed by atoms with Crippen LogP contribution in [0.25, 0.3) is 22.5 Å². The number of halogens is 1. The van der Waals surface area contributed by atoms with E-state index in [2.05, 4.69) is 10.1 Å². The van der Waals surface area contributed by atoms with Gasteiger partial charge in [-0.25, -0.2) is 9.67 Å². The lowest BCUT2D eigenvalue weighted by molar-refractivity contribution is -0.384. The molecule has 0 aliphatic heterocycles. The Labute approximate surface area is 188 Å². The predicted octanol–water partition coefficient (Wildman–Crippen LogP) is 5.11. The molecule has 4 rings (SSSR count). The normalized spacial score (nSPS) is 11.3. The van der Waals surface area contributed by atoms with Gasteiger partial charge in [0.05, 0.1) is 28.3 Å². The molecule has 0 unspecified atom stereocenters. The molecule has 0 atom stereocenters. The minimum atomic E-state index is -0.496. The smallest absolute Gasteiger partial charge is 0.269 e. The highest BCUT2D eigenvalue weighted by Gasteiger charge is 2.22. The van der Waals surface area contributed by atoms with Gasteiger partial charge < -0.3 is 9.32 Å². The number of benzene rings is 1. The summed E-state index contributed by atoms with van der Waals surface area (Å²) in [5, 5.41) is 16.5. The van der Waals surface area contributed by atoms with Gasteiger partial charge in [0.25, 0.3) is 11.6 Å². The van der Waals surface area contributed by atoms with Crippen molar-refractivity contribution < 1.29 is 14.1 Å². The van der Waals surface area contributed by atoms with Crippen LogP contribution in [0, 0.1) is 10.1 Å². The van der Waals surface area contributed by atoms with Gasteiger partial charge in [-0.2, -0.15) is 5.10 Å². The van der Waals surface area contributed by atoms with Crippen LogP contribution in [0.3, 0.4) is 0 Å². The van der Waals surface area contributed by atoms with Crippen LogP contribution in [0.4, 0.5) is 5.69 Å². The molecule has 3 heterocycles. The summed E-state index contributed by atoms with van der Waals surface area (Å²) in [4.78, 5) is 30.2. The molecular formula is C22H20ClN5O4. The van der Waals surface area contributed by atoms with Gasteiger partial charge in [-0.15, -0.1) is 0 Å². The molecule has 32 heavy (non-hydrogen) atoms. The number of rotatable bonds is 6. The van der Waals surface area contributed by atoms with Crippen molar-refractivity contribution in [1.82, 2.24) is 19.7 Å². The van der Waals surface area contributed by atoms with Gasteiger partial charge in [-0.1, -0.05) is 11.6 Å². The number of furan rings is 1. The second-order valence-electron chi connectivity index (χ2n) is 7.65. The molecule has 1 aromatic carbocycles. The first-order valence-corrected chi connectivity index (χ1v) is 10.2. The van der Waals surface area contributed by atoms with E-state index in [1.165, 1.54) is 23.1 Å². The number of aromatic nitrogens is 3. The molecule has 0 spiro atoms. The molecule has 3 aromatic heterocycles. The fourth-order valence-electron chi connectivity index (χ4n) is 3.45. The minimum absolute atomic E-state index is 0.0382. The molecule has 164 valence electrons. The molecular weight excluding hydrogens is 434 g/mol. The van der Waals surface area contributed by atoms with Crippen LogP contribution in [0.2, 0.25) is 5.02 Å². The van der Waals surface area contributed by atoms with Crippen molar-refractivity contribution >= 4 is 34.2 Å². The highest BCUT2D eigenvalue weighted by Crippen LogP contribution is 2.29. The lowest BCUT2D eigenvalue weighted by Crippen LogP contribution is -2.26. The lowest BCUT2D eigenvalue weighted by atomic mass is 10.1. The number of amides is 1. The van der Waals surface area contributed by atoms with E-state index in [1.807, 2.05) is 13.8 Å². The van der Waals surface area contributed by atoms with Crippen LogP contribution >= 0.6 is 11.6 Å². The number of hydrogen-bond donors (Lipinski definition) is 0. The first-order chi connectivity index (χ1) is 15.3. The quantitative estimate of drug-likeness (QED) is 0.296. The summed E-state index contributed by atoms with van der Waals surface area (Å²) in [5.41, 5.74) is 1.87. The van der Waals surface area contributed by atoms with Crippen molar-refractivity contribution in [3.05, 3.63) is 75.1 Å². The molecule has 1 amide bonds. The number of carbonyl (C=O) groups is 1. The topological polar surface area (TPSA) is 107 Å². The van der Waals surface area contributed by atoms with E-state index in [1.54, 1.807) is 42.4 Å². The largest absolute Gasteiger partial charge is 0.463 e. The third-order valence-corrected chi connectivity index (χ3v) is 5.42. The maximum Gasteiger partial charge on any atom is 0.269 e. The molecule has 0 N–H and O–H groups in total. The molecule has 0 radical (unpaired) electrons. The molecule has 10 heteroatoms. The number of nitro groups is 1. The van der Waals surface area contributed by atoms with Gasteiger partial charge in [-0.3, -0.25) is 14.9 Å². The Kier molecular flexibility index (Phi) is 5.67. The van der Waals surface area contributed by atoms with Crippen LogP contribution in [-0.2, 0) is 6.54 Å². The van der Waals surface area contributed by atoms with Crippen molar-refractivity contribution in [1.29, 1.82) is 0 Å². The van der Waals surface area contributed by atoms with Crippen LogP contribution in [0.1, 0.15) is 35.8 Å². The first kappa shape index (κ1) is 21.5. The highest BCUT2D eigenvalue weighted by molar-refractivity contribution is 6.31. The van der Waals surface area contributed by atoms with E-state index in [9.17, 15) is 14.9 Å². The Hall–Kier alpha value is -3.72. The second kappa shape index (κ2) is 8.43. The van der Waals surface area contributed by atoms with Crippen molar-refractivity contribution in [2.45, 2.75) is 26.4 Å². The van der Waals surface area contributed by atoms with Crippen molar-refractivity contribution in [3.8, 4) is 11.5 Å². The summed E-state index contributed by atoms with van der Waals surface area (Å²) in [6, 6.07) is 9.39. The van der Waals surface area contributed by atoms with Gasteiger partial charge in [0, 0.05) is 36.8 Å². The fraction of sp³-hybridized carbons (Fsp3) is 0.227. The number of carbonyl (C=O) groups excluding carboxylic acids is 1. The van der Waals surface area contributed by atoms with Gasteiger partial charge in [0.1, 0.15) is 5.69 Å². The Bertz CT molecular complexity index is 1310.